The molecular formula is C14H21N3O2. The van der Waals surface area contributed by atoms with Gasteiger partial charge in [0.2, 0.25) is 0 Å². The Hall–Kier alpha value is -1.36. The van der Waals surface area contributed by atoms with Crippen LogP contribution in [0.15, 0.2) is 10.6 Å². The molecule has 1 aliphatic carbocycles. The van der Waals surface area contributed by atoms with E-state index in [0.29, 0.717) is 17.5 Å². The van der Waals surface area contributed by atoms with E-state index >= 15 is 0 Å². The molecule has 3 rings (SSSR count). The van der Waals surface area contributed by atoms with Crippen LogP contribution in [0.5, 0.6) is 0 Å². The number of piperidine rings is 1. The van der Waals surface area contributed by atoms with Crippen LogP contribution in [-0.2, 0) is 0 Å². The second kappa shape index (κ2) is 5.33. The first-order valence-corrected chi connectivity index (χ1v) is 7.15. The van der Waals surface area contributed by atoms with Crippen LogP contribution in [-0.4, -0.2) is 42.6 Å². The number of hydrogen-bond acceptors (Lipinski definition) is 4. The van der Waals surface area contributed by atoms with Crippen molar-refractivity contribution in [3.05, 3.63) is 17.5 Å². The largest absolute Gasteiger partial charge is 0.360 e. The number of nitrogens with one attached hydrogen (secondary N) is 1. The third-order valence-corrected chi connectivity index (χ3v) is 4.13. The summed E-state index contributed by atoms with van der Waals surface area (Å²) < 4.78 is 5.20. The van der Waals surface area contributed by atoms with Crippen molar-refractivity contribution in [2.75, 3.05) is 26.7 Å². The zero-order chi connectivity index (χ0) is 13.2. The minimum Gasteiger partial charge on any atom is -0.360 e. The van der Waals surface area contributed by atoms with E-state index in [0.717, 1.165) is 51.1 Å². The van der Waals surface area contributed by atoms with Crippen LogP contribution < -0.4 is 5.32 Å². The Kier molecular flexibility index (Phi) is 3.55. The van der Waals surface area contributed by atoms with Crippen molar-refractivity contribution in [3.63, 3.8) is 0 Å². The summed E-state index contributed by atoms with van der Waals surface area (Å²) in [5, 5.41) is 6.83. The number of nitrogens with zero attached hydrogens (tertiary/aromatic N) is 2. The van der Waals surface area contributed by atoms with E-state index in [4.69, 9.17) is 4.52 Å². The fraction of sp³-hybridized carbons (Fsp3) is 0.714. The Morgan fingerprint density at radius 2 is 2.16 bits per heavy atom. The van der Waals surface area contributed by atoms with Gasteiger partial charge < -0.3 is 14.7 Å². The van der Waals surface area contributed by atoms with Crippen molar-refractivity contribution in [2.45, 2.75) is 31.6 Å². The first kappa shape index (κ1) is 12.7. The highest BCUT2D eigenvalue weighted by Crippen LogP contribution is 2.40. The minimum atomic E-state index is -0.102. The molecule has 0 aromatic carbocycles. The van der Waals surface area contributed by atoms with E-state index in [2.05, 4.69) is 22.4 Å². The lowest BCUT2D eigenvalue weighted by Gasteiger charge is -2.28. The molecule has 19 heavy (non-hydrogen) atoms. The van der Waals surface area contributed by atoms with E-state index in [-0.39, 0.29) is 5.91 Å². The summed E-state index contributed by atoms with van der Waals surface area (Å²) in [6.07, 6.45) is 4.63. The molecule has 1 saturated heterocycles. The van der Waals surface area contributed by atoms with Crippen molar-refractivity contribution in [1.29, 1.82) is 0 Å². The van der Waals surface area contributed by atoms with E-state index in [1.807, 2.05) is 0 Å². The smallest absolute Gasteiger partial charge is 0.273 e. The van der Waals surface area contributed by atoms with Crippen LogP contribution in [0.3, 0.4) is 0 Å². The molecule has 5 heteroatoms. The van der Waals surface area contributed by atoms with E-state index < -0.39 is 0 Å². The first-order chi connectivity index (χ1) is 9.22. The topological polar surface area (TPSA) is 58.4 Å². The molecule has 1 amide bonds. The van der Waals surface area contributed by atoms with Crippen molar-refractivity contribution < 1.29 is 9.32 Å². The molecule has 0 spiro atoms. The third-order valence-electron chi connectivity index (χ3n) is 4.13. The second-order valence-electron chi connectivity index (χ2n) is 5.85. The molecule has 1 saturated carbocycles. The van der Waals surface area contributed by atoms with Crippen LogP contribution in [0.4, 0.5) is 0 Å². The molecule has 0 atom stereocenters. The molecule has 0 bridgehead atoms. The van der Waals surface area contributed by atoms with Gasteiger partial charge in [-0.2, -0.15) is 0 Å². The van der Waals surface area contributed by atoms with Crippen molar-refractivity contribution in [1.82, 2.24) is 15.4 Å². The summed E-state index contributed by atoms with van der Waals surface area (Å²) in [4.78, 5) is 14.3. The molecule has 1 aromatic heterocycles. The summed E-state index contributed by atoms with van der Waals surface area (Å²) in [5.74, 6) is 1.86. The number of carbonyl (C=O) groups is 1. The third kappa shape index (κ3) is 3.15. The van der Waals surface area contributed by atoms with Gasteiger partial charge in [-0.15, -0.1) is 0 Å². The number of carbonyl (C=O) groups excluding carboxylic acids is 1. The van der Waals surface area contributed by atoms with Gasteiger partial charge in [0.05, 0.1) is 0 Å². The monoisotopic (exact) mass is 263 g/mol. The Morgan fingerprint density at radius 1 is 1.42 bits per heavy atom. The number of likely N-dealkylation sites (tertiary alicyclic amines) is 1. The van der Waals surface area contributed by atoms with Crippen molar-refractivity contribution in [2.24, 2.45) is 5.92 Å². The van der Waals surface area contributed by atoms with Gasteiger partial charge in [-0.1, -0.05) is 5.16 Å². The summed E-state index contributed by atoms with van der Waals surface area (Å²) >= 11 is 0. The molecule has 2 aliphatic rings. The molecule has 104 valence electrons. The number of amides is 1. The first-order valence-electron chi connectivity index (χ1n) is 7.15. The van der Waals surface area contributed by atoms with Gasteiger partial charge in [-0.25, -0.2) is 0 Å². The van der Waals surface area contributed by atoms with Gasteiger partial charge in [0.25, 0.3) is 5.91 Å². The fourth-order valence-electron chi connectivity index (χ4n) is 2.55. The van der Waals surface area contributed by atoms with Crippen molar-refractivity contribution >= 4 is 5.91 Å². The highest BCUT2D eigenvalue weighted by Gasteiger charge is 2.29. The highest BCUT2D eigenvalue weighted by molar-refractivity contribution is 5.92. The quantitative estimate of drug-likeness (QED) is 0.897. The fourth-order valence-corrected chi connectivity index (χ4v) is 2.55. The van der Waals surface area contributed by atoms with E-state index in [1.165, 1.54) is 0 Å². The van der Waals surface area contributed by atoms with Crippen molar-refractivity contribution in [3.8, 4) is 0 Å². The molecular weight excluding hydrogens is 242 g/mol. The minimum absolute atomic E-state index is 0.102. The number of aromatic nitrogens is 1. The maximum atomic E-state index is 12.0. The van der Waals surface area contributed by atoms with Crippen LogP contribution in [0.1, 0.15) is 47.8 Å². The average Bonchev–Trinajstić information content (AvgIpc) is 3.15. The van der Waals surface area contributed by atoms with E-state index in [9.17, 15) is 4.79 Å². The van der Waals surface area contributed by atoms with Gasteiger partial charge in [-0.05, 0) is 51.7 Å². The predicted octanol–water partition coefficient (Wildman–Crippen LogP) is 1.62. The summed E-state index contributed by atoms with van der Waals surface area (Å²) in [5.41, 5.74) is 0.426. The molecule has 1 aromatic rings. The lowest BCUT2D eigenvalue weighted by atomic mass is 9.97. The average molecular weight is 263 g/mol. The molecule has 1 N–H and O–H groups in total. The number of rotatable bonds is 4. The maximum absolute atomic E-state index is 12.0. The Morgan fingerprint density at radius 3 is 2.84 bits per heavy atom. The highest BCUT2D eigenvalue weighted by atomic mass is 16.5. The zero-order valence-corrected chi connectivity index (χ0v) is 11.4. The molecule has 2 heterocycles. The van der Waals surface area contributed by atoms with Crippen LogP contribution in [0, 0.1) is 5.92 Å². The predicted molar refractivity (Wildman–Crippen MR) is 71.0 cm³/mol. The lowest BCUT2D eigenvalue weighted by Crippen LogP contribution is -2.36. The van der Waals surface area contributed by atoms with Gasteiger partial charge in [-0.3, -0.25) is 4.79 Å². The molecule has 0 radical (unpaired) electrons. The normalized spacial score (nSPS) is 21.5. The Labute approximate surface area is 113 Å². The molecule has 1 aliphatic heterocycles. The standard InChI is InChI=1S/C14H21N3O2/c1-17-6-4-10(5-7-17)9-15-14(18)12-8-13(19-16-12)11-2-3-11/h8,10-11H,2-7,9H2,1H3,(H,15,18). The van der Waals surface area contributed by atoms with Crippen LogP contribution in [0.2, 0.25) is 0 Å². The molecule has 0 unspecified atom stereocenters. The van der Waals surface area contributed by atoms with E-state index in [1.54, 1.807) is 6.07 Å². The lowest BCUT2D eigenvalue weighted by molar-refractivity contribution is 0.0930. The van der Waals surface area contributed by atoms with Crippen LogP contribution in [0.25, 0.3) is 0 Å². The summed E-state index contributed by atoms with van der Waals surface area (Å²) in [6.45, 7) is 2.99. The maximum Gasteiger partial charge on any atom is 0.273 e. The van der Waals surface area contributed by atoms with Crippen LogP contribution >= 0.6 is 0 Å². The zero-order valence-electron chi connectivity index (χ0n) is 11.4. The Bertz CT molecular complexity index is 445. The number of hydrogen-bond donors (Lipinski definition) is 1. The molecule has 2 fully saturated rings. The van der Waals surface area contributed by atoms with Gasteiger partial charge in [0.15, 0.2) is 5.69 Å². The van der Waals surface area contributed by atoms with Gasteiger partial charge in [0.1, 0.15) is 5.76 Å². The summed E-state index contributed by atoms with van der Waals surface area (Å²) in [7, 11) is 2.14. The second-order valence-corrected chi connectivity index (χ2v) is 5.85. The van der Waals surface area contributed by atoms with Gasteiger partial charge in [0, 0.05) is 18.5 Å². The Balaban J connectivity index is 1.47. The van der Waals surface area contributed by atoms with Gasteiger partial charge >= 0.3 is 0 Å². The SMILES string of the molecule is CN1CCC(CNC(=O)c2cc(C3CC3)on2)CC1. The molecule has 5 nitrogen and oxygen atoms in total. The summed E-state index contributed by atoms with van der Waals surface area (Å²) in [6, 6.07) is 1.79.